The summed E-state index contributed by atoms with van der Waals surface area (Å²) in [5.41, 5.74) is 1.16. The van der Waals surface area contributed by atoms with Gasteiger partial charge in [0.15, 0.2) is 5.69 Å². The van der Waals surface area contributed by atoms with E-state index in [1.54, 1.807) is 24.3 Å². The Kier molecular flexibility index (Phi) is 4.12. The fourth-order valence-electron chi connectivity index (χ4n) is 1.69. The molecule has 7 heteroatoms. The standard InChI is InChI=1S/C12H11ClN4O2/c13-10-4-2-1-3-9(10)12-11(5-14)15-16-17(12)6-8(19)7-18/h1-4,8,18-19H,6-7H2. The molecule has 2 rings (SSSR count). The third-order valence-corrected chi connectivity index (χ3v) is 2.89. The minimum atomic E-state index is -0.977. The van der Waals surface area contributed by atoms with Crippen molar-refractivity contribution in [3.05, 3.63) is 35.0 Å². The van der Waals surface area contributed by atoms with Crippen LogP contribution in [0.5, 0.6) is 0 Å². The van der Waals surface area contributed by atoms with Gasteiger partial charge >= 0.3 is 0 Å². The van der Waals surface area contributed by atoms with E-state index in [4.69, 9.17) is 22.0 Å². The van der Waals surface area contributed by atoms with Gasteiger partial charge in [0, 0.05) is 5.56 Å². The number of hydrogen-bond donors (Lipinski definition) is 2. The van der Waals surface area contributed by atoms with Crippen LogP contribution >= 0.6 is 11.6 Å². The molecule has 0 amide bonds. The fraction of sp³-hybridized carbons (Fsp3) is 0.250. The van der Waals surface area contributed by atoms with E-state index in [1.807, 2.05) is 6.07 Å². The summed E-state index contributed by atoms with van der Waals surface area (Å²) >= 11 is 6.10. The number of rotatable bonds is 4. The number of nitriles is 1. The van der Waals surface area contributed by atoms with Gasteiger partial charge in [0.2, 0.25) is 0 Å². The summed E-state index contributed by atoms with van der Waals surface area (Å²) in [5, 5.41) is 35.4. The summed E-state index contributed by atoms with van der Waals surface area (Å²) < 4.78 is 1.36. The number of aromatic nitrogens is 3. The first-order chi connectivity index (χ1) is 9.17. The maximum Gasteiger partial charge on any atom is 0.190 e. The zero-order valence-corrected chi connectivity index (χ0v) is 10.6. The molecule has 98 valence electrons. The van der Waals surface area contributed by atoms with Crippen molar-refractivity contribution in [1.82, 2.24) is 15.0 Å². The van der Waals surface area contributed by atoms with Crippen molar-refractivity contribution in [3.8, 4) is 17.3 Å². The average Bonchev–Trinajstić information content (AvgIpc) is 2.82. The largest absolute Gasteiger partial charge is 0.394 e. The minimum Gasteiger partial charge on any atom is -0.394 e. The van der Waals surface area contributed by atoms with E-state index in [2.05, 4.69) is 10.3 Å². The van der Waals surface area contributed by atoms with Crippen LogP contribution in [0.1, 0.15) is 5.69 Å². The number of aliphatic hydroxyl groups excluding tert-OH is 2. The zero-order chi connectivity index (χ0) is 13.8. The lowest BCUT2D eigenvalue weighted by molar-refractivity contribution is 0.0782. The molecule has 6 nitrogen and oxygen atoms in total. The molecule has 0 fully saturated rings. The molecule has 0 spiro atoms. The van der Waals surface area contributed by atoms with E-state index in [1.165, 1.54) is 4.68 Å². The van der Waals surface area contributed by atoms with E-state index in [-0.39, 0.29) is 12.2 Å². The highest BCUT2D eigenvalue weighted by molar-refractivity contribution is 6.33. The molecule has 1 aromatic carbocycles. The molecule has 0 saturated heterocycles. The van der Waals surface area contributed by atoms with E-state index in [9.17, 15) is 5.11 Å². The molecule has 0 aliphatic rings. The van der Waals surface area contributed by atoms with Crippen molar-refractivity contribution in [1.29, 1.82) is 5.26 Å². The third-order valence-electron chi connectivity index (χ3n) is 2.56. The Morgan fingerprint density at radius 3 is 2.79 bits per heavy atom. The Morgan fingerprint density at radius 1 is 1.42 bits per heavy atom. The molecule has 1 unspecified atom stereocenters. The van der Waals surface area contributed by atoms with Crippen LogP contribution < -0.4 is 0 Å². The van der Waals surface area contributed by atoms with E-state index < -0.39 is 12.7 Å². The highest BCUT2D eigenvalue weighted by atomic mass is 35.5. The first-order valence-electron chi connectivity index (χ1n) is 5.54. The Morgan fingerprint density at radius 2 is 2.16 bits per heavy atom. The first-order valence-corrected chi connectivity index (χ1v) is 5.92. The minimum absolute atomic E-state index is 0.0335. The van der Waals surface area contributed by atoms with Crippen LogP contribution in [0.3, 0.4) is 0 Å². The first kappa shape index (κ1) is 13.5. The van der Waals surface area contributed by atoms with E-state index in [0.717, 1.165) is 0 Å². The van der Waals surface area contributed by atoms with Gasteiger partial charge in [-0.25, -0.2) is 4.68 Å². The Labute approximate surface area is 114 Å². The van der Waals surface area contributed by atoms with Gasteiger partial charge in [-0.3, -0.25) is 0 Å². The van der Waals surface area contributed by atoms with Gasteiger partial charge in [0.25, 0.3) is 0 Å². The predicted octanol–water partition coefficient (Wildman–Crippen LogP) is 0.823. The molecule has 1 heterocycles. The molecule has 1 atom stereocenters. The third kappa shape index (κ3) is 2.74. The van der Waals surface area contributed by atoms with Crippen molar-refractivity contribution >= 4 is 11.6 Å². The summed E-state index contributed by atoms with van der Waals surface area (Å²) in [7, 11) is 0. The smallest absolute Gasteiger partial charge is 0.190 e. The molecule has 0 aliphatic carbocycles. The van der Waals surface area contributed by atoms with E-state index in [0.29, 0.717) is 16.3 Å². The molecular weight excluding hydrogens is 268 g/mol. The van der Waals surface area contributed by atoms with Gasteiger partial charge in [-0.2, -0.15) is 5.26 Å². The van der Waals surface area contributed by atoms with Gasteiger partial charge < -0.3 is 10.2 Å². The van der Waals surface area contributed by atoms with Crippen molar-refractivity contribution in [3.63, 3.8) is 0 Å². The van der Waals surface area contributed by atoms with Crippen molar-refractivity contribution in [2.75, 3.05) is 6.61 Å². The number of halogens is 1. The van der Waals surface area contributed by atoms with E-state index >= 15 is 0 Å². The fourth-order valence-corrected chi connectivity index (χ4v) is 1.92. The van der Waals surface area contributed by atoms with Crippen LogP contribution in [-0.2, 0) is 6.54 Å². The quantitative estimate of drug-likeness (QED) is 0.863. The molecule has 2 N–H and O–H groups in total. The lowest BCUT2D eigenvalue weighted by Gasteiger charge is -2.10. The average molecular weight is 279 g/mol. The van der Waals surface area contributed by atoms with Crippen LogP contribution in [0, 0.1) is 11.3 Å². The summed E-state index contributed by atoms with van der Waals surface area (Å²) in [4.78, 5) is 0. The number of benzene rings is 1. The predicted molar refractivity (Wildman–Crippen MR) is 68.3 cm³/mol. The van der Waals surface area contributed by atoms with Crippen LogP contribution in [-0.4, -0.2) is 37.9 Å². The second-order valence-corrected chi connectivity index (χ2v) is 4.30. The van der Waals surface area contributed by atoms with Gasteiger partial charge in [-0.15, -0.1) is 5.10 Å². The second-order valence-electron chi connectivity index (χ2n) is 3.90. The summed E-state index contributed by atoms with van der Waals surface area (Å²) in [5.74, 6) is 0. The van der Waals surface area contributed by atoms with Crippen LogP contribution in [0.4, 0.5) is 0 Å². The molecule has 2 aromatic rings. The Balaban J connectivity index is 2.52. The SMILES string of the molecule is N#Cc1nnn(CC(O)CO)c1-c1ccccc1Cl. The van der Waals surface area contributed by atoms with Crippen molar-refractivity contribution < 1.29 is 10.2 Å². The summed E-state index contributed by atoms with van der Waals surface area (Å²) in [6.45, 7) is -0.366. The monoisotopic (exact) mass is 278 g/mol. The van der Waals surface area contributed by atoms with Gasteiger partial charge in [-0.05, 0) is 6.07 Å². The number of hydrogen-bond acceptors (Lipinski definition) is 5. The second kappa shape index (κ2) is 5.80. The summed E-state index contributed by atoms with van der Waals surface area (Å²) in [6.07, 6.45) is -0.977. The van der Waals surface area contributed by atoms with Gasteiger partial charge in [0.05, 0.1) is 24.3 Å². The maximum absolute atomic E-state index is 9.48. The molecular formula is C12H11ClN4O2. The molecule has 1 aromatic heterocycles. The maximum atomic E-state index is 9.48. The Bertz CT molecular complexity index is 620. The molecule has 0 saturated carbocycles. The van der Waals surface area contributed by atoms with Crippen molar-refractivity contribution in [2.45, 2.75) is 12.6 Å². The molecule has 0 radical (unpaired) electrons. The zero-order valence-electron chi connectivity index (χ0n) is 9.86. The van der Waals surface area contributed by atoms with Gasteiger partial charge in [0.1, 0.15) is 11.8 Å². The highest BCUT2D eigenvalue weighted by Crippen LogP contribution is 2.29. The highest BCUT2D eigenvalue weighted by Gasteiger charge is 2.18. The van der Waals surface area contributed by atoms with Crippen LogP contribution in [0.25, 0.3) is 11.3 Å². The summed E-state index contributed by atoms with van der Waals surface area (Å²) in [6, 6.07) is 8.92. The molecule has 19 heavy (non-hydrogen) atoms. The molecule has 0 aliphatic heterocycles. The number of aliphatic hydroxyl groups is 2. The molecule has 0 bridgehead atoms. The lowest BCUT2D eigenvalue weighted by atomic mass is 10.1. The normalized spacial score (nSPS) is 12.1. The lowest BCUT2D eigenvalue weighted by Crippen LogP contribution is -2.21. The Hall–Kier alpha value is -1.94. The van der Waals surface area contributed by atoms with Gasteiger partial charge in [-0.1, -0.05) is 35.0 Å². The van der Waals surface area contributed by atoms with Crippen LogP contribution in [0.2, 0.25) is 5.02 Å². The number of nitrogens with zero attached hydrogens (tertiary/aromatic N) is 4. The van der Waals surface area contributed by atoms with Crippen molar-refractivity contribution in [2.24, 2.45) is 0 Å². The topological polar surface area (TPSA) is 95.0 Å². The van der Waals surface area contributed by atoms with Crippen LogP contribution in [0.15, 0.2) is 24.3 Å².